The first-order valence-corrected chi connectivity index (χ1v) is 11.1. The number of rotatable bonds is 5. The number of nitrogens with zero attached hydrogens (tertiary/aromatic N) is 1. The first-order chi connectivity index (χ1) is 12.0. The number of carbonyl (C=O) groups is 2. The van der Waals surface area contributed by atoms with Crippen LogP contribution in [0.2, 0.25) is 0 Å². The maximum absolute atomic E-state index is 12.7. The van der Waals surface area contributed by atoms with Crippen molar-refractivity contribution in [1.29, 1.82) is 0 Å². The number of amides is 1. The Labute approximate surface area is 200 Å². The molecule has 0 fully saturated rings. The average molecular weight is 743 g/mol. The third-order valence-electron chi connectivity index (χ3n) is 3.79. The van der Waals surface area contributed by atoms with E-state index in [0.29, 0.717) is 11.1 Å². The van der Waals surface area contributed by atoms with Crippen LogP contribution >= 0.6 is 33.9 Å². The molecule has 2 aromatic rings. The average Bonchev–Trinajstić information content (AvgIpc) is 3.02. The predicted molar refractivity (Wildman–Crippen MR) is 111 cm³/mol. The Morgan fingerprint density at radius 3 is 2.37 bits per heavy atom. The Bertz CT molecular complexity index is 1000. The van der Waals surface area contributed by atoms with Gasteiger partial charge in [-0.15, -0.1) is 17.0 Å². The van der Waals surface area contributed by atoms with Crippen molar-refractivity contribution >= 4 is 61.1 Å². The van der Waals surface area contributed by atoms with E-state index in [1.54, 1.807) is 6.92 Å². The molecule has 0 bridgehead atoms. The molecule has 2 N–H and O–H groups in total. The number of sulfone groups is 1. The number of thiophene rings is 1. The summed E-state index contributed by atoms with van der Waals surface area (Å²) in [4.78, 5) is 24.7. The first kappa shape index (κ1) is 24.8. The minimum atomic E-state index is -3.81. The molecule has 1 aromatic heterocycles. The van der Waals surface area contributed by atoms with Crippen molar-refractivity contribution in [1.82, 2.24) is 0 Å². The fourth-order valence-corrected chi connectivity index (χ4v) is 5.49. The van der Waals surface area contributed by atoms with E-state index in [1.165, 1.54) is 25.3 Å². The molecule has 27 heavy (non-hydrogen) atoms. The molecule has 0 saturated carbocycles. The van der Waals surface area contributed by atoms with Gasteiger partial charge < -0.3 is 15.8 Å². The fourth-order valence-electron chi connectivity index (χ4n) is 2.45. The predicted octanol–water partition coefficient (Wildman–Crippen LogP) is 4.10. The van der Waals surface area contributed by atoms with Crippen molar-refractivity contribution in [2.75, 3.05) is 0 Å². The van der Waals surface area contributed by atoms with Gasteiger partial charge in [-0.25, -0.2) is 8.42 Å². The summed E-state index contributed by atoms with van der Waals surface area (Å²) in [5.74, 6) is -0.910. The molecule has 6 nitrogen and oxygen atoms in total. The van der Waals surface area contributed by atoms with E-state index in [-0.39, 0.29) is 52.4 Å². The Morgan fingerprint density at radius 2 is 1.85 bits per heavy atom. The molecule has 0 aliphatic heterocycles. The third-order valence-corrected chi connectivity index (χ3v) is 8.15. The number of halogens is 1. The zero-order chi connectivity index (χ0) is 19.8. The van der Waals surface area contributed by atoms with Gasteiger partial charge in [0, 0.05) is 40.2 Å². The van der Waals surface area contributed by atoms with Gasteiger partial charge in [0.2, 0.25) is 0 Å². The molecule has 2 rings (SSSR count). The molecule has 0 radical (unpaired) electrons. The molecule has 1 amide bonds. The van der Waals surface area contributed by atoms with Crippen molar-refractivity contribution in [2.45, 2.75) is 38.0 Å². The van der Waals surface area contributed by atoms with E-state index >= 15 is 0 Å². The van der Waals surface area contributed by atoms with Crippen LogP contribution in [-0.2, 0) is 9.84 Å². The van der Waals surface area contributed by atoms with Crippen LogP contribution in [0.1, 0.15) is 45.0 Å². The second-order valence-electron chi connectivity index (χ2n) is 5.89. The number of benzene rings is 1. The molecular weight excluding hydrogens is 725 g/mol. The van der Waals surface area contributed by atoms with Gasteiger partial charge >= 0.3 is 0 Å². The minimum absolute atomic E-state index is 0. The Kier molecular flexibility index (Phi) is 8.72. The number of Topliss-reactive ketones (excluding diaryl/α,β-unsaturated/α-hetero) is 1. The Balaban J connectivity index is 0.00000364. The van der Waals surface area contributed by atoms with E-state index in [4.69, 9.17) is 5.73 Å². The smallest absolute Gasteiger partial charge is 0.195 e. The number of carbonyl (C=O) groups excluding carboxylic acids is 2. The Hall–Kier alpha value is -0.248. The van der Waals surface area contributed by atoms with Crippen LogP contribution in [0.15, 0.2) is 22.4 Å². The van der Waals surface area contributed by atoms with Gasteiger partial charge in [0.25, 0.3) is 0 Å². The van der Waals surface area contributed by atoms with E-state index in [2.05, 4.69) is 5.32 Å². The van der Waals surface area contributed by atoms with Crippen molar-refractivity contribution in [3.63, 3.8) is 0 Å². The standard InChI is InChI=1S/C17H19IN2O4S2.U/c1-8-7-9(2)15(13(10(3)21)14(8)18)20-17(22)16-12(5-6-25-16)26(23,24)11(4)19;/h5-7,11H,19H2,1-4H3,(H,20,21,22);/p-1/t11-;/m1./s1. The van der Waals surface area contributed by atoms with Crippen LogP contribution in [0.3, 0.4) is 0 Å². The van der Waals surface area contributed by atoms with Crippen LogP contribution in [-0.4, -0.2) is 25.5 Å². The summed E-state index contributed by atoms with van der Waals surface area (Å²) in [5, 5.41) is 4.47. The van der Waals surface area contributed by atoms with Crippen molar-refractivity contribution in [2.24, 2.45) is 5.73 Å². The second-order valence-corrected chi connectivity index (χ2v) is 10.2. The fraction of sp³-hybridized carbons (Fsp3) is 0.294. The van der Waals surface area contributed by atoms with Crippen LogP contribution in [0, 0.1) is 48.5 Å². The molecule has 1 heterocycles. The van der Waals surface area contributed by atoms with E-state index in [9.17, 15) is 18.0 Å². The summed E-state index contributed by atoms with van der Waals surface area (Å²) < 4.78 is 25.4. The monoisotopic (exact) mass is 743 g/mol. The van der Waals surface area contributed by atoms with Crippen LogP contribution in [0.4, 0.5) is 5.69 Å². The van der Waals surface area contributed by atoms with Gasteiger partial charge in [-0.2, -0.15) is 0 Å². The molecule has 144 valence electrons. The summed E-state index contributed by atoms with van der Waals surface area (Å²) in [6.45, 7) is 6.39. The van der Waals surface area contributed by atoms with Crippen molar-refractivity contribution in [3.8, 4) is 0 Å². The maximum Gasteiger partial charge on any atom is 0.195 e. The number of ketones is 1. The number of hydrogen-bond acceptors (Lipinski definition) is 6. The molecular formula is C17H18IN2O4S2U-. The third kappa shape index (κ3) is 5.03. The Morgan fingerprint density at radius 1 is 1.26 bits per heavy atom. The van der Waals surface area contributed by atoms with Gasteiger partial charge in [0.1, 0.15) is 5.37 Å². The number of nitrogens with two attached hydrogens (primary N) is 1. The zero-order valence-electron chi connectivity index (χ0n) is 15.2. The number of aryl methyl sites for hydroxylation is 2. The molecule has 0 aliphatic carbocycles. The second kappa shape index (κ2) is 9.50. The van der Waals surface area contributed by atoms with E-state index in [1.807, 2.05) is 35.6 Å². The van der Waals surface area contributed by atoms with Gasteiger partial charge in [-0.3, -0.25) is 4.79 Å². The molecule has 0 spiro atoms. The SMILES string of the molecule is CC(=O)c1c(I)c(C)cc(C)c1[N-]C(=O)c1sccc1S(=O)(=O)[C@H](C)N.[U]. The molecule has 10 heteroatoms. The summed E-state index contributed by atoms with van der Waals surface area (Å²) in [5.41, 5.74) is 7.76. The van der Waals surface area contributed by atoms with Crippen LogP contribution in [0.25, 0.3) is 5.32 Å². The van der Waals surface area contributed by atoms with Crippen molar-refractivity contribution < 1.29 is 49.1 Å². The first-order valence-electron chi connectivity index (χ1n) is 7.62. The summed E-state index contributed by atoms with van der Waals surface area (Å²) in [7, 11) is -3.81. The molecule has 0 aliphatic rings. The van der Waals surface area contributed by atoms with Gasteiger partial charge in [0.15, 0.2) is 15.6 Å². The van der Waals surface area contributed by atoms with Gasteiger partial charge in [-0.1, -0.05) is 11.6 Å². The summed E-state index contributed by atoms with van der Waals surface area (Å²) in [6, 6.07) is 3.19. The number of hydrogen-bond donors (Lipinski definition) is 1. The normalized spacial score (nSPS) is 12.2. The minimum Gasteiger partial charge on any atom is -0.621 e. The molecule has 0 unspecified atom stereocenters. The molecule has 1 aromatic carbocycles. The summed E-state index contributed by atoms with van der Waals surface area (Å²) >= 11 is 3.03. The largest absolute Gasteiger partial charge is 0.621 e. The molecule has 0 saturated heterocycles. The quantitative estimate of drug-likeness (QED) is 0.367. The van der Waals surface area contributed by atoms with Gasteiger partial charge in [-0.05, 0) is 67.3 Å². The topological polar surface area (TPSA) is 108 Å². The van der Waals surface area contributed by atoms with Crippen LogP contribution < -0.4 is 5.73 Å². The van der Waals surface area contributed by atoms with Crippen LogP contribution in [0.5, 0.6) is 0 Å². The zero-order valence-corrected chi connectivity index (χ0v) is 23.1. The maximum atomic E-state index is 12.7. The molecule has 1 atom stereocenters. The van der Waals surface area contributed by atoms with Crippen molar-refractivity contribution in [3.05, 3.63) is 48.0 Å². The van der Waals surface area contributed by atoms with E-state index in [0.717, 1.165) is 20.5 Å². The van der Waals surface area contributed by atoms with Gasteiger partial charge in [0.05, 0.1) is 15.7 Å². The summed E-state index contributed by atoms with van der Waals surface area (Å²) in [6.07, 6.45) is 0. The van der Waals surface area contributed by atoms with E-state index < -0.39 is 21.1 Å².